The van der Waals surface area contributed by atoms with Crippen LogP contribution in [0.3, 0.4) is 0 Å². The van der Waals surface area contributed by atoms with Gasteiger partial charge >= 0.3 is 0 Å². The van der Waals surface area contributed by atoms with Gasteiger partial charge in [-0.25, -0.2) is 17.6 Å². The van der Waals surface area contributed by atoms with Crippen LogP contribution < -0.4 is 19.3 Å². The molecule has 0 radical (unpaired) electrons. The highest BCUT2D eigenvalue weighted by Crippen LogP contribution is 2.60. The Morgan fingerprint density at radius 2 is 0.530 bits per heavy atom. The zero-order chi connectivity index (χ0) is 68.2. The Balaban J connectivity index is 0.782. The molecule has 0 amide bonds. The number of hydrogen-bond donors (Lipinski definition) is 0. The minimum absolute atomic E-state index is 0.336. The van der Waals surface area contributed by atoms with E-state index < -0.39 is 10.8 Å². The van der Waals surface area contributed by atoms with Crippen LogP contribution in [0.1, 0.15) is 66.8 Å². The molecule has 2 aliphatic carbocycles. The van der Waals surface area contributed by atoms with Gasteiger partial charge < -0.3 is 19.3 Å². The number of aryl methyl sites for hydroxylation is 2. The molecule has 14 aromatic carbocycles. The topological polar surface area (TPSA) is 24.9 Å². The fourth-order valence-corrected chi connectivity index (χ4v) is 15.2. The van der Waals surface area contributed by atoms with Crippen LogP contribution in [0.5, 0.6) is 23.0 Å². The molecule has 2 atom stereocenters. The van der Waals surface area contributed by atoms with Gasteiger partial charge in [0.15, 0.2) is 0 Å². The van der Waals surface area contributed by atoms with Crippen molar-refractivity contribution in [2.75, 3.05) is 9.80 Å². The number of nitrogens with zero attached hydrogens (tertiary/aromatic N) is 2. The number of hydrogen-bond acceptors (Lipinski definition) is 4. The molecule has 4 nitrogen and oxygen atoms in total. The molecule has 2 unspecified atom stereocenters. The lowest BCUT2D eigenvalue weighted by atomic mass is 9.67. The van der Waals surface area contributed by atoms with E-state index in [0.29, 0.717) is 23.0 Å². The molecule has 0 saturated heterocycles. The molecule has 2 aliphatic rings. The number of ether oxygens (including phenoxy) is 2. The van der Waals surface area contributed by atoms with E-state index in [1.165, 1.54) is 48.5 Å². The minimum atomic E-state index is -0.908. The van der Waals surface area contributed by atoms with Crippen LogP contribution in [0.4, 0.5) is 51.7 Å². The Bertz CT molecular complexity index is 5100. The first-order valence-electron chi connectivity index (χ1n) is 33.2. The molecule has 8 heteroatoms. The SMILES string of the molecule is C=Cc1ccc(Oc2ccc(C3(c4ccc(F)cc4)c4ccccc4-c4ccc(N(c5ccc(F)cc5)c5ccc(-c6ccc(N(c7ccc(F)cc7)c7ccc8c(c7)C(c7ccc(F)cc7)(c7ccc(Oc9ccc(C=C)cc9)cc7)c7ccccc7-8)cc6C)c(C)c5)cc43)cc2)cc1. The van der Waals surface area contributed by atoms with Crippen molar-refractivity contribution >= 4 is 46.3 Å². The van der Waals surface area contributed by atoms with Crippen LogP contribution >= 0.6 is 0 Å². The highest BCUT2D eigenvalue weighted by atomic mass is 19.1. The van der Waals surface area contributed by atoms with Crippen LogP contribution in [0.2, 0.25) is 0 Å². The van der Waals surface area contributed by atoms with Crippen molar-refractivity contribution in [3.05, 3.63) is 419 Å². The summed E-state index contributed by atoms with van der Waals surface area (Å²) in [5, 5.41) is 0. The number of fused-ring (bicyclic) bond motifs is 6. The van der Waals surface area contributed by atoms with Crippen molar-refractivity contribution in [3.63, 3.8) is 0 Å². The molecule has 0 aromatic heterocycles. The summed E-state index contributed by atoms with van der Waals surface area (Å²) in [5.41, 5.74) is 21.1. The maximum atomic E-state index is 15.1. The molecular weight excluding hydrogens is 1240 g/mol. The molecule has 0 saturated carbocycles. The lowest BCUT2D eigenvalue weighted by Crippen LogP contribution is -2.29. The first-order chi connectivity index (χ1) is 48.9. The van der Waals surface area contributed by atoms with Crippen LogP contribution in [0.15, 0.2) is 329 Å². The van der Waals surface area contributed by atoms with E-state index in [2.05, 4.69) is 182 Å². The van der Waals surface area contributed by atoms with Crippen LogP contribution in [-0.2, 0) is 10.8 Å². The Morgan fingerprint density at radius 1 is 0.270 bits per heavy atom. The molecular formula is C92H64F4N2O2. The smallest absolute Gasteiger partial charge is 0.127 e. The van der Waals surface area contributed by atoms with Gasteiger partial charge in [-0.1, -0.05) is 171 Å². The summed E-state index contributed by atoms with van der Waals surface area (Å²) in [6.45, 7) is 12.0. The standard InChI is InChI=1S/C92H64F4N2O2/c1-5-61-15-43-77(44-16-61)99-79-47-23-65(24-48-79)91(63-19-27-67(93)28-20-63)87-13-9-7-11-83(87)85-53-41-75(57-89(85)91)97(71-35-31-69(95)32-36-71)73-39-51-81(59(3)55-73)82-52-40-74(56-60(82)4)98(72-37-33-70(96)34-38-72)76-42-54-86-84-12-8-10-14-88(84)92(90(86)58-76,64-21-29-68(94)30-22-64)66-25-49-80(50-26-66)100-78-45-17-62(6-2)18-46-78/h5-58H,1-2H2,3-4H3. The van der Waals surface area contributed by atoms with E-state index in [9.17, 15) is 0 Å². The fraction of sp³-hybridized carbons (Fsp3) is 0.0435. The predicted molar refractivity (Wildman–Crippen MR) is 398 cm³/mol. The normalized spacial score (nSPS) is 14.7. The van der Waals surface area contributed by atoms with Crippen molar-refractivity contribution in [2.24, 2.45) is 0 Å². The summed E-state index contributed by atoms with van der Waals surface area (Å²) in [7, 11) is 0. The van der Waals surface area contributed by atoms with Gasteiger partial charge in [0.05, 0.1) is 10.8 Å². The minimum Gasteiger partial charge on any atom is -0.457 e. The van der Waals surface area contributed by atoms with Gasteiger partial charge in [0.2, 0.25) is 0 Å². The third-order valence-corrected chi connectivity index (χ3v) is 19.8. The van der Waals surface area contributed by atoms with Crippen LogP contribution in [0.25, 0.3) is 45.5 Å². The van der Waals surface area contributed by atoms with Crippen molar-refractivity contribution in [3.8, 4) is 56.4 Å². The highest BCUT2D eigenvalue weighted by molar-refractivity contribution is 5.92. The first kappa shape index (κ1) is 62.3. The summed E-state index contributed by atoms with van der Waals surface area (Å²) >= 11 is 0. The predicted octanol–water partition coefficient (Wildman–Crippen LogP) is 25.1. The zero-order valence-corrected chi connectivity index (χ0v) is 54.8. The molecule has 14 aromatic rings. The number of halogens is 4. The van der Waals surface area contributed by atoms with Gasteiger partial charge in [-0.15, -0.1) is 0 Å². The van der Waals surface area contributed by atoms with E-state index in [-0.39, 0.29) is 23.3 Å². The summed E-state index contributed by atoms with van der Waals surface area (Å²) in [5.74, 6) is 1.34. The molecule has 100 heavy (non-hydrogen) atoms. The summed E-state index contributed by atoms with van der Waals surface area (Å²) in [6.07, 6.45) is 3.59. The van der Waals surface area contributed by atoms with Gasteiger partial charge in [-0.05, 0) is 284 Å². The number of rotatable bonds is 17. The summed E-state index contributed by atoms with van der Waals surface area (Å²) < 4.78 is 73.1. The van der Waals surface area contributed by atoms with E-state index in [1.54, 1.807) is 36.4 Å². The first-order valence-corrected chi connectivity index (χ1v) is 33.2. The molecule has 0 heterocycles. The van der Waals surface area contributed by atoms with Crippen LogP contribution in [0, 0.1) is 37.1 Å². The monoisotopic (exact) mass is 1300 g/mol. The lowest BCUT2D eigenvalue weighted by molar-refractivity contribution is 0.482. The maximum absolute atomic E-state index is 15.1. The van der Waals surface area contributed by atoms with Gasteiger partial charge in [-0.3, -0.25) is 0 Å². The quantitative estimate of drug-likeness (QED) is 0.0849. The Hall–Kier alpha value is -12.5. The zero-order valence-electron chi connectivity index (χ0n) is 54.8. The molecule has 482 valence electrons. The second-order valence-corrected chi connectivity index (χ2v) is 25.5. The summed E-state index contributed by atoms with van der Waals surface area (Å²) in [6, 6.07) is 101. The van der Waals surface area contributed by atoms with Crippen molar-refractivity contribution in [1.29, 1.82) is 0 Å². The fourth-order valence-electron chi connectivity index (χ4n) is 15.2. The molecule has 16 rings (SSSR count). The van der Waals surface area contributed by atoms with Crippen molar-refractivity contribution in [2.45, 2.75) is 24.7 Å². The third kappa shape index (κ3) is 10.8. The van der Waals surface area contributed by atoms with E-state index in [1.807, 2.05) is 97.1 Å². The molecule has 0 bridgehead atoms. The Kier molecular flexibility index (Phi) is 15.9. The third-order valence-electron chi connectivity index (χ3n) is 19.8. The van der Waals surface area contributed by atoms with E-state index in [4.69, 9.17) is 9.47 Å². The molecule has 0 aliphatic heterocycles. The summed E-state index contributed by atoms with van der Waals surface area (Å²) in [4.78, 5) is 4.32. The van der Waals surface area contributed by atoms with E-state index >= 15 is 17.6 Å². The maximum Gasteiger partial charge on any atom is 0.127 e. The molecule has 0 fully saturated rings. The number of anilines is 6. The lowest BCUT2D eigenvalue weighted by Gasteiger charge is -2.35. The molecule has 0 N–H and O–H groups in total. The number of benzene rings is 14. The Morgan fingerprint density at radius 3 is 0.850 bits per heavy atom. The second-order valence-electron chi connectivity index (χ2n) is 25.5. The van der Waals surface area contributed by atoms with Gasteiger partial charge in [0.25, 0.3) is 0 Å². The van der Waals surface area contributed by atoms with Crippen LogP contribution in [-0.4, -0.2) is 0 Å². The second kappa shape index (κ2) is 25.5. The van der Waals surface area contributed by atoms with Crippen molar-refractivity contribution < 1.29 is 27.0 Å². The van der Waals surface area contributed by atoms with E-state index in [0.717, 1.165) is 134 Å². The van der Waals surface area contributed by atoms with Crippen molar-refractivity contribution in [1.82, 2.24) is 0 Å². The van der Waals surface area contributed by atoms with Gasteiger partial charge in [0, 0.05) is 34.1 Å². The molecule has 0 spiro atoms. The highest BCUT2D eigenvalue weighted by Gasteiger charge is 2.48. The van der Waals surface area contributed by atoms with Gasteiger partial charge in [-0.2, -0.15) is 0 Å². The average molecular weight is 1310 g/mol. The average Bonchev–Trinajstić information content (AvgIpc) is 1.54. The largest absolute Gasteiger partial charge is 0.457 e. The van der Waals surface area contributed by atoms with Gasteiger partial charge in [0.1, 0.15) is 46.3 Å². The Labute approximate surface area is 579 Å².